The summed E-state index contributed by atoms with van der Waals surface area (Å²) in [4.78, 5) is 106. The van der Waals surface area contributed by atoms with Crippen LogP contribution < -0.4 is 10.2 Å². The van der Waals surface area contributed by atoms with Gasteiger partial charge in [0.05, 0.1) is 53.0 Å². The molecule has 0 aliphatic carbocycles. The molecule has 18 nitrogen and oxygen atoms in total. The number of phenols is 1. The molecule has 19 heteroatoms. The van der Waals surface area contributed by atoms with E-state index in [0.717, 1.165) is 23.8 Å². The molecule has 2 saturated heterocycles. The Morgan fingerprint density at radius 1 is 0.827 bits per heavy atom. The van der Waals surface area contributed by atoms with Crippen LogP contribution in [0.4, 0.5) is 21.3 Å². The smallest absolute Gasteiger partial charge is 0.421 e. The number of methoxy groups -OCH3 is 2. The van der Waals surface area contributed by atoms with Crippen LogP contribution in [0.15, 0.2) is 152 Å². The molecule has 75 heavy (non-hydrogen) atoms. The Balaban J connectivity index is 1.22. The first kappa shape index (κ1) is 49.3. The van der Waals surface area contributed by atoms with Gasteiger partial charge in [0.25, 0.3) is 5.69 Å². The summed E-state index contributed by atoms with van der Waals surface area (Å²) in [5.74, 6) is -1.88. The topological polar surface area (TPSA) is 234 Å². The molecule has 6 aromatic carbocycles. The summed E-state index contributed by atoms with van der Waals surface area (Å²) >= 11 is 1.17. The summed E-state index contributed by atoms with van der Waals surface area (Å²) in [5.41, 5.74) is 0.287. The first-order valence-electron chi connectivity index (χ1n) is 23.4. The summed E-state index contributed by atoms with van der Waals surface area (Å²) < 4.78 is 22.8. The molecule has 0 saturated carbocycles. The summed E-state index contributed by atoms with van der Waals surface area (Å²) in [6, 6.07) is 37.3. The van der Waals surface area contributed by atoms with Crippen molar-refractivity contribution in [2.24, 2.45) is 11.8 Å². The third kappa shape index (κ3) is 8.85. The molecule has 3 aliphatic rings. The molecular formula is C56H43N5O13S. The fourth-order valence-electron chi connectivity index (χ4n) is 10.5. The minimum atomic E-state index is -2.28. The number of non-ortho nitro benzene ring substituents is 1. The van der Waals surface area contributed by atoms with Crippen LogP contribution in [-0.2, 0) is 54.9 Å². The van der Waals surface area contributed by atoms with Crippen LogP contribution in [0.1, 0.15) is 58.0 Å². The number of fused-ring (bicyclic) bond motifs is 4. The number of para-hydroxylation sites is 1. The van der Waals surface area contributed by atoms with Crippen molar-refractivity contribution in [3.8, 4) is 17.6 Å². The lowest BCUT2D eigenvalue weighted by Crippen LogP contribution is -2.54. The monoisotopic (exact) mass is 1030 g/mol. The van der Waals surface area contributed by atoms with Crippen LogP contribution in [0.3, 0.4) is 0 Å². The number of anilines is 2. The van der Waals surface area contributed by atoms with Crippen molar-refractivity contribution in [2.45, 2.75) is 42.7 Å². The number of nitrogens with zero attached hydrogens (tertiary/aromatic N) is 4. The number of phenolic OH excluding ortho intramolecular Hbond substituents is 1. The van der Waals surface area contributed by atoms with E-state index in [1.807, 2.05) is 60.7 Å². The normalized spacial score (nSPS) is 20.6. The lowest BCUT2D eigenvalue weighted by atomic mass is 9.65. The predicted molar refractivity (Wildman–Crippen MR) is 271 cm³/mol. The summed E-state index contributed by atoms with van der Waals surface area (Å²) in [5, 5.41) is 25.3. The molecule has 376 valence electrons. The second kappa shape index (κ2) is 20.3. The van der Waals surface area contributed by atoms with Gasteiger partial charge < -0.3 is 29.4 Å². The summed E-state index contributed by atoms with van der Waals surface area (Å²) in [6.45, 7) is -0.438. The molecule has 0 radical (unpaired) electrons. The number of nitrogens with one attached hydrogen (secondary N) is 1. The largest absolute Gasteiger partial charge is 0.508 e. The van der Waals surface area contributed by atoms with E-state index in [9.17, 15) is 29.6 Å². The highest BCUT2D eigenvalue weighted by Crippen LogP contribution is 2.66. The highest BCUT2D eigenvalue weighted by Gasteiger charge is 2.76. The van der Waals surface area contributed by atoms with Crippen molar-refractivity contribution in [3.05, 3.63) is 195 Å². The zero-order valence-electron chi connectivity index (χ0n) is 39.9. The SMILES string of the molecule is COC(=O)C(CC#Cc1ccc2c(c1)[C@]1(C(=O)N2C(=O)OCc2ccc([N+](=O)[O-])cc2)[C@H](c2ccc(O)cc2)N2[C@H](c3ccccc3)[C@H](c3ccccc3)OC(=O)[C@H]2[C@@H]1C(=O)Nc1nc2ccccc2s1)C(=O)OC. The first-order valence-corrected chi connectivity index (χ1v) is 24.2. The van der Waals surface area contributed by atoms with Gasteiger partial charge in [-0.25, -0.2) is 14.7 Å². The Kier molecular flexibility index (Phi) is 13.4. The van der Waals surface area contributed by atoms with Gasteiger partial charge in [-0.05, 0) is 82.4 Å². The second-order valence-corrected chi connectivity index (χ2v) is 18.8. The van der Waals surface area contributed by atoms with E-state index in [1.54, 1.807) is 41.3 Å². The van der Waals surface area contributed by atoms with Crippen LogP contribution in [0.5, 0.6) is 5.75 Å². The number of cyclic esters (lactones) is 1. The van der Waals surface area contributed by atoms with Crippen molar-refractivity contribution in [2.75, 3.05) is 24.4 Å². The van der Waals surface area contributed by atoms with Crippen molar-refractivity contribution < 1.29 is 57.7 Å². The van der Waals surface area contributed by atoms with Crippen molar-refractivity contribution in [1.82, 2.24) is 9.88 Å². The molecule has 2 N–H and O–H groups in total. The van der Waals surface area contributed by atoms with E-state index < -0.39 is 88.8 Å². The number of carbonyl (C=O) groups is 6. The lowest BCUT2D eigenvalue weighted by Gasteiger charge is -2.46. The number of aromatic nitrogens is 1. The number of rotatable bonds is 11. The Bertz CT molecular complexity index is 3420. The third-order valence-electron chi connectivity index (χ3n) is 13.7. The number of carbonyl (C=O) groups excluding carboxylic acids is 6. The molecule has 2 fully saturated rings. The first-order chi connectivity index (χ1) is 36.3. The second-order valence-electron chi connectivity index (χ2n) is 17.8. The van der Waals surface area contributed by atoms with E-state index in [-0.39, 0.29) is 39.8 Å². The van der Waals surface area contributed by atoms with Gasteiger partial charge in [0.2, 0.25) is 11.8 Å². The molecule has 0 unspecified atom stereocenters. The number of imide groups is 1. The van der Waals surface area contributed by atoms with Gasteiger partial charge in [0.1, 0.15) is 29.9 Å². The molecule has 4 heterocycles. The van der Waals surface area contributed by atoms with E-state index in [1.165, 1.54) is 65.9 Å². The molecule has 3 amide bonds. The predicted octanol–water partition coefficient (Wildman–Crippen LogP) is 8.25. The van der Waals surface area contributed by atoms with Crippen LogP contribution in [0.2, 0.25) is 0 Å². The molecular weight excluding hydrogens is 983 g/mol. The van der Waals surface area contributed by atoms with Gasteiger partial charge in [-0.2, -0.15) is 0 Å². The Morgan fingerprint density at radius 3 is 2.13 bits per heavy atom. The number of aromatic hydroxyl groups is 1. The van der Waals surface area contributed by atoms with Crippen molar-refractivity contribution in [1.29, 1.82) is 0 Å². The number of thiazole rings is 1. The van der Waals surface area contributed by atoms with Crippen molar-refractivity contribution >= 4 is 73.9 Å². The van der Waals surface area contributed by atoms with Crippen LogP contribution in [0, 0.1) is 33.8 Å². The van der Waals surface area contributed by atoms with Gasteiger partial charge in [-0.3, -0.25) is 39.0 Å². The molecule has 0 bridgehead atoms. The summed E-state index contributed by atoms with van der Waals surface area (Å²) in [7, 11) is 2.24. The molecule has 1 spiro atoms. The number of ether oxygens (including phenoxy) is 4. The Labute approximate surface area is 431 Å². The van der Waals surface area contributed by atoms with E-state index in [4.69, 9.17) is 18.9 Å². The Hall–Kier alpha value is -9.25. The Morgan fingerprint density at radius 2 is 1.48 bits per heavy atom. The maximum Gasteiger partial charge on any atom is 0.421 e. The van der Waals surface area contributed by atoms with Crippen molar-refractivity contribution in [3.63, 3.8) is 0 Å². The van der Waals surface area contributed by atoms with Gasteiger partial charge in [0, 0.05) is 24.1 Å². The van der Waals surface area contributed by atoms with E-state index >= 15 is 14.4 Å². The summed E-state index contributed by atoms with van der Waals surface area (Å²) in [6.07, 6.45) is -2.56. The third-order valence-corrected chi connectivity index (χ3v) is 14.6. The minimum Gasteiger partial charge on any atom is -0.508 e. The van der Waals surface area contributed by atoms with E-state index in [0.29, 0.717) is 27.8 Å². The van der Waals surface area contributed by atoms with Gasteiger partial charge in [-0.1, -0.05) is 108 Å². The maximum atomic E-state index is 16.6. The molecule has 6 atom stereocenters. The molecule has 3 aliphatic heterocycles. The minimum absolute atomic E-state index is 0.0353. The number of benzene rings is 6. The van der Waals surface area contributed by atoms with Crippen LogP contribution in [0.25, 0.3) is 10.2 Å². The lowest BCUT2D eigenvalue weighted by molar-refractivity contribution is -0.384. The number of morpholine rings is 1. The number of esters is 3. The maximum absolute atomic E-state index is 16.6. The zero-order chi connectivity index (χ0) is 52.5. The number of amides is 3. The van der Waals surface area contributed by atoms with E-state index in [2.05, 4.69) is 22.1 Å². The van der Waals surface area contributed by atoms with Gasteiger partial charge in [-0.15, -0.1) is 0 Å². The van der Waals surface area contributed by atoms with Crippen LogP contribution >= 0.6 is 11.3 Å². The van der Waals surface area contributed by atoms with Crippen LogP contribution in [-0.4, -0.2) is 76.0 Å². The van der Waals surface area contributed by atoms with Gasteiger partial charge in [0.15, 0.2) is 11.0 Å². The average molecular weight is 1030 g/mol. The van der Waals surface area contributed by atoms with Gasteiger partial charge >= 0.3 is 24.0 Å². The molecule has 1 aromatic heterocycles. The average Bonchev–Trinajstić information content (AvgIpc) is 4.28. The standard InChI is InChI=1S/C56H43N5O13S/c1-71-50(64)39(51(65)72-2)17-11-12-32-22-29-42-40(30-32)56(53(67)59(42)55(68)73-31-33-20-25-37(26-21-33)61(69)70)44(49(63)58-54-57-41-18-9-10-19-43(41)75-54)46-52(66)74-47(35-15-7-4-8-16-35)45(34-13-5-3-6-14-34)60(46)48(56)36-23-27-38(62)28-24-36/h3-10,13-16,18-30,39,44-48,62H,17,31H2,1-2H3,(H,57,58,63)/t44-,45-,46-,47+,48+,56-/m1/s1. The quantitative estimate of drug-likeness (QED) is 0.0310. The number of nitro benzene ring substituents is 1. The number of nitro groups is 1. The highest BCUT2D eigenvalue weighted by molar-refractivity contribution is 7.22. The zero-order valence-corrected chi connectivity index (χ0v) is 40.7. The number of hydrogen-bond acceptors (Lipinski definition) is 16. The fraction of sp³-hybridized carbons (Fsp3) is 0.196. The fourth-order valence-corrected chi connectivity index (χ4v) is 11.3. The molecule has 7 aromatic rings. The highest BCUT2D eigenvalue weighted by atomic mass is 32.1. The number of hydrogen-bond donors (Lipinski definition) is 2. The molecule has 10 rings (SSSR count).